The van der Waals surface area contributed by atoms with Crippen molar-refractivity contribution in [3.8, 4) is 0 Å². The first-order chi connectivity index (χ1) is 5.52. The number of hydrogen-bond acceptors (Lipinski definition) is 3. The van der Waals surface area contributed by atoms with Gasteiger partial charge >= 0.3 is 0 Å². The second-order valence-corrected chi connectivity index (χ2v) is 4.63. The minimum absolute atomic E-state index is 0.277. The molecule has 1 aromatic heterocycles. The molecule has 1 atom stereocenters. The van der Waals surface area contributed by atoms with Crippen LogP contribution in [0.2, 0.25) is 0 Å². The predicted molar refractivity (Wildman–Crippen MR) is 51.3 cm³/mol. The lowest BCUT2D eigenvalue weighted by Crippen LogP contribution is -2.33. The summed E-state index contributed by atoms with van der Waals surface area (Å²) in [7, 11) is 0. The van der Waals surface area contributed by atoms with Crippen molar-refractivity contribution in [3.05, 3.63) is 16.6 Å². The van der Waals surface area contributed by atoms with E-state index in [0.29, 0.717) is 6.42 Å². The number of thiazole rings is 1. The van der Waals surface area contributed by atoms with Crippen LogP contribution in [0.3, 0.4) is 0 Å². The first-order valence-electron chi connectivity index (χ1n) is 4.12. The molecular formula is C9H15NOS. The number of rotatable bonds is 3. The maximum Gasteiger partial charge on any atom is 0.0794 e. The van der Waals surface area contributed by atoms with E-state index in [2.05, 4.69) is 4.98 Å². The van der Waals surface area contributed by atoms with Gasteiger partial charge in [0.15, 0.2) is 0 Å². The van der Waals surface area contributed by atoms with Gasteiger partial charge in [-0.05, 0) is 12.8 Å². The summed E-state index contributed by atoms with van der Waals surface area (Å²) in [5.41, 5.74) is 1.19. The highest BCUT2D eigenvalue weighted by Crippen LogP contribution is 2.23. The van der Waals surface area contributed by atoms with Crippen LogP contribution in [0.4, 0.5) is 0 Å². The Labute approximate surface area is 77.3 Å². The lowest BCUT2D eigenvalue weighted by Gasteiger charge is -2.26. The molecular weight excluding hydrogens is 170 g/mol. The van der Waals surface area contributed by atoms with Crippen LogP contribution in [0.1, 0.15) is 25.6 Å². The Morgan fingerprint density at radius 2 is 2.33 bits per heavy atom. The maximum absolute atomic E-state index is 9.94. The van der Waals surface area contributed by atoms with Crippen molar-refractivity contribution in [2.24, 2.45) is 5.92 Å². The van der Waals surface area contributed by atoms with Crippen molar-refractivity contribution in [3.63, 3.8) is 0 Å². The highest BCUT2D eigenvalue weighted by Gasteiger charge is 2.25. The van der Waals surface area contributed by atoms with Crippen molar-refractivity contribution in [1.29, 1.82) is 0 Å². The van der Waals surface area contributed by atoms with Crippen molar-refractivity contribution in [1.82, 2.24) is 4.98 Å². The molecule has 0 aliphatic carbocycles. The SMILES string of the molecule is CC(C)C(C)(O)Cc1cncs1. The minimum Gasteiger partial charge on any atom is -0.390 e. The zero-order chi connectivity index (χ0) is 9.19. The van der Waals surface area contributed by atoms with Gasteiger partial charge in [-0.2, -0.15) is 0 Å². The molecule has 0 saturated carbocycles. The van der Waals surface area contributed by atoms with E-state index in [0.717, 1.165) is 4.88 Å². The van der Waals surface area contributed by atoms with E-state index in [-0.39, 0.29) is 5.92 Å². The van der Waals surface area contributed by atoms with Gasteiger partial charge in [-0.1, -0.05) is 13.8 Å². The molecule has 0 bridgehead atoms. The van der Waals surface area contributed by atoms with Gasteiger partial charge in [-0.25, -0.2) is 0 Å². The summed E-state index contributed by atoms with van der Waals surface area (Å²) in [6, 6.07) is 0. The van der Waals surface area contributed by atoms with E-state index in [4.69, 9.17) is 0 Å². The lowest BCUT2D eigenvalue weighted by molar-refractivity contribution is 0.0146. The molecule has 0 saturated heterocycles. The smallest absolute Gasteiger partial charge is 0.0794 e. The van der Waals surface area contributed by atoms with Crippen LogP contribution in [0.5, 0.6) is 0 Å². The Morgan fingerprint density at radius 3 is 2.75 bits per heavy atom. The number of nitrogens with zero attached hydrogens (tertiary/aromatic N) is 1. The minimum atomic E-state index is -0.605. The van der Waals surface area contributed by atoms with E-state index < -0.39 is 5.60 Å². The Morgan fingerprint density at radius 1 is 1.67 bits per heavy atom. The quantitative estimate of drug-likeness (QED) is 0.782. The summed E-state index contributed by atoms with van der Waals surface area (Å²) in [5.74, 6) is 0.277. The Hall–Kier alpha value is -0.410. The molecule has 2 nitrogen and oxygen atoms in total. The van der Waals surface area contributed by atoms with Crippen LogP contribution < -0.4 is 0 Å². The molecule has 0 aliphatic rings. The molecule has 68 valence electrons. The molecule has 12 heavy (non-hydrogen) atoms. The van der Waals surface area contributed by atoms with Crippen molar-refractivity contribution in [2.75, 3.05) is 0 Å². The summed E-state index contributed by atoms with van der Waals surface area (Å²) in [4.78, 5) is 5.12. The van der Waals surface area contributed by atoms with Gasteiger partial charge in [0.1, 0.15) is 0 Å². The summed E-state index contributed by atoms with van der Waals surface area (Å²) >= 11 is 1.60. The Kier molecular flexibility index (Phi) is 2.85. The fraction of sp³-hybridized carbons (Fsp3) is 0.667. The lowest BCUT2D eigenvalue weighted by atomic mass is 9.89. The first kappa shape index (κ1) is 9.68. The van der Waals surface area contributed by atoms with E-state index in [1.165, 1.54) is 0 Å². The third kappa shape index (κ3) is 2.29. The second kappa shape index (κ2) is 3.54. The highest BCUT2D eigenvalue weighted by molar-refractivity contribution is 7.09. The average Bonchev–Trinajstić information content (AvgIpc) is 2.38. The summed E-state index contributed by atoms with van der Waals surface area (Å²) in [6.45, 7) is 5.93. The van der Waals surface area contributed by atoms with E-state index in [1.54, 1.807) is 16.8 Å². The molecule has 1 rings (SSSR count). The molecule has 0 fully saturated rings. The number of aromatic nitrogens is 1. The van der Waals surface area contributed by atoms with E-state index in [9.17, 15) is 5.11 Å². The molecule has 0 aliphatic heterocycles. The van der Waals surface area contributed by atoms with Crippen molar-refractivity contribution in [2.45, 2.75) is 32.8 Å². The van der Waals surface area contributed by atoms with Gasteiger partial charge in [0.05, 0.1) is 11.1 Å². The van der Waals surface area contributed by atoms with Crippen LogP contribution in [-0.4, -0.2) is 15.7 Å². The third-order valence-corrected chi connectivity index (χ3v) is 3.04. The third-order valence-electron chi connectivity index (χ3n) is 2.26. The van der Waals surface area contributed by atoms with Gasteiger partial charge < -0.3 is 5.11 Å². The molecule has 1 unspecified atom stereocenters. The van der Waals surface area contributed by atoms with Gasteiger partial charge in [0.2, 0.25) is 0 Å². The summed E-state index contributed by atoms with van der Waals surface area (Å²) < 4.78 is 0. The molecule has 0 aromatic carbocycles. The molecule has 0 radical (unpaired) electrons. The molecule has 0 spiro atoms. The Bertz CT molecular complexity index is 229. The Balaban J connectivity index is 2.62. The monoisotopic (exact) mass is 185 g/mol. The largest absolute Gasteiger partial charge is 0.390 e. The van der Waals surface area contributed by atoms with Crippen molar-refractivity contribution < 1.29 is 5.11 Å². The fourth-order valence-electron chi connectivity index (χ4n) is 0.886. The van der Waals surface area contributed by atoms with E-state index >= 15 is 0 Å². The van der Waals surface area contributed by atoms with E-state index in [1.807, 2.05) is 27.0 Å². The van der Waals surface area contributed by atoms with Crippen LogP contribution in [-0.2, 0) is 6.42 Å². The van der Waals surface area contributed by atoms with Gasteiger partial charge in [-0.15, -0.1) is 11.3 Å². The second-order valence-electron chi connectivity index (χ2n) is 3.66. The molecule has 1 N–H and O–H groups in total. The molecule has 1 heterocycles. The predicted octanol–water partition coefficient (Wildman–Crippen LogP) is 2.09. The van der Waals surface area contributed by atoms with Crippen LogP contribution in [0.25, 0.3) is 0 Å². The normalized spacial score (nSPS) is 16.4. The standard InChI is InChI=1S/C9H15NOS/c1-7(2)9(3,11)4-8-5-10-6-12-8/h5-7,11H,4H2,1-3H3. The topological polar surface area (TPSA) is 33.1 Å². The van der Waals surface area contributed by atoms with Crippen LogP contribution in [0.15, 0.2) is 11.7 Å². The van der Waals surface area contributed by atoms with Gasteiger partial charge in [0.25, 0.3) is 0 Å². The molecule has 0 amide bonds. The first-order valence-corrected chi connectivity index (χ1v) is 5.00. The zero-order valence-electron chi connectivity index (χ0n) is 7.74. The van der Waals surface area contributed by atoms with Crippen LogP contribution in [0, 0.1) is 5.92 Å². The average molecular weight is 185 g/mol. The summed E-state index contributed by atoms with van der Waals surface area (Å²) in [6.07, 6.45) is 2.52. The molecule has 3 heteroatoms. The zero-order valence-corrected chi connectivity index (χ0v) is 8.56. The van der Waals surface area contributed by atoms with Crippen molar-refractivity contribution >= 4 is 11.3 Å². The maximum atomic E-state index is 9.94. The molecule has 1 aromatic rings. The fourth-order valence-corrected chi connectivity index (χ4v) is 1.64. The number of aliphatic hydroxyl groups is 1. The van der Waals surface area contributed by atoms with Crippen LogP contribution >= 0.6 is 11.3 Å². The van der Waals surface area contributed by atoms with Gasteiger partial charge in [0, 0.05) is 17.5 Å². The highest BCUT2D eigenvalue weighted by atomic mass is 32.1. The number of hydrogen-bond donors (Lipinski definition) is 1. The summed E-state index contributed by atoms with van der Waals surface area (Å²) in [5, 5.41) is 9.94. The van der Waals surface area contributed by atoms with Gasteiger partial charge in [-0.3, -0.25) is 4.98 Å².